The number of hydrogen-bond acceptors (Lipinski definition) is 6. The lowest BCUT2D eigenvalue weighted by atomic mass is 9.97. The van der Waals surface area contributed by atoms with Crippen molar-refractivity contribution in [2.45, 2.75) is 26.7 Å². The molecule has 1 unspecified atom stereocenters. The second-order valence-electron chi connectivity index (χ2n) is 8.75. The first-order valence-electron chi connectivity index (χ1n) is 11.7. The Balaban J connectivity index is 1.27. The summed E-state index contributed by atoms with van der Waals surface area (Å²) in [5, 5.41) is 11.9. The predicted molar refractivity (Wildman–Crippen MR) is 133 cm³/mol. The average molecular weight is 461 g/mol. The van der Waals surface area contributed by atoms with Gasteiger partial charge in [-0.15, -0.1) is 10.2 Å². The summed E-state index contributed by atoms with van der Waals surface area (Å²) in [6, 6.07) is 17.8. The normalized spacial score (nSPS) is 15.6. The van der Waals surface area contributed by atoms with Gasteiger partial charge in [-0.1, -0.05) is 6.07 Å². The van der Waals surface area contributed by atoms with Crippen LogP contribution in [0.1, 0.15) is 24.0 Å². The first kappa shape index (κ1) is 23.5. The van der Waals surface area contributed by atoms with E-state index in [1.807, 2.05) is 62.4 Å². The zero-order valence-electron chi connectivity index (χ0n) is 20.1. The maximum Gasteiger partial charge on any atom is 0.225 e. The van der Waals surface area contributed by atoms with E-state index in [0.29, 0.717) is 19.7 Å². The highest BCUT2D eigenvalue weighted by molar-refractivity contribution is 5.79. The Bertz CT molecular complexity index is 1080. The number of rotatable bonds is 8. The third kappa shape index (κ3) is 6.04. The summed E-state index contributed by atoms with van der Waals surface area (Å²) in [5.41, 5.74) is 4.13. The van der Waals surface area contributed by atoms with Crippen molar-refractivity contribution in [2.24, 2.45) is 5.92 Å². The lowest BCUT2D eigenvalue weighted by Crippen LogP contribution is -2.44. The number of nitrogens with one attached hydrogen (secondary N) is 1. The molecule has 1 aliphatic heterocycles. The van der Waals surface area contributed by atoms with Crippen molar-refractivity contribution in [1.29, 1.82) is 0 Å². The Morgan fingerprint density at radius 2 is 1.79 bits per heavy atom. The van der Waals surface area contributed by atoms with Crippen molar-refractivity contribution >= 4 is 11.7 Å². The topological polar surface area (TPSA) is 76.6 Å². The van der Waals surface area contributed by atoms with Gasteiger partial charge in [0.05, 0.1) is 25.3 Å². The monoisotopic (exact) mass is 460 g/mol. The van der Waals surface area contributed by atoms with Crippen LogP contribution in [0, 0.1) is 19.8 Å². The number of carbonyl (C=O) groups is 1. The molecule has 0 radical (unpaired) electrons. The van der Waals surface area contributed by atoms with E-state index in [1.165, 1.54) is 11.1 Å². The van der Waals surface area contributed by atoms with E-state index < -0.39 is 0 Å². The molecule has 7 heteroatoms. The lowest BCUT2D eigenvalue weighted by Gasteiger charge is -2.32. The van der Waals surface area contributed by atoms with Crippen molar-refractivity contribution in [1.82, 2.24) is 15.5 Å². The molecule has 0 aliphatic carbocycles. The third-order valence-corrected chi connectivity index (χ3v) is 6.02. The molecule has 2 heterocycles. The fourth-order valence-corrected chi connectivity index (χ4v) is 4.31. The van der Waals surface area contributed by atoms with Crippen LogP contribution >= 0.6 is 0 Å². The number of methoxy groups -OCH3 is 1. The number of anilines is 1. The molecular weight excluding hydrogens is 428 g/mol. The van der Waals surface area contributed by atoms with Crippen LogP contribution in [0.4, 0.5) is 5.82 Å². The molecule has 0 spiro atoms. The van der Waals surface area contributed by atoms with Gasteiger partial charge in [-0.05, 0) is 86.3 Å². The Hall–Kier alpha value is -3.61. The lowest BCUT2D eigenvalue weighted by molar-refractivity contribution is -0.125. The number of ether oxygens (including phenoxy) is 2. The van der Waals surface area contributed by atoms with Crippen LogP contribution in [0.25, 0.3) is 11.3 Å². The molecule has 1 N–H and O–H groups in total. The molecule has 1 aromatic heterocycles. The number of benzene rings is 2. The number of aromatic nitrogens is 2. The Morgan fingerprint density at radius 1 is 1.03 bits per heavy atom. The number of carbonyl (C=O) groups excluding carboxylic acids is 1. The number of aryl methyl sites for hydroxylation is 2. The Labute approximate surface area is 201 Å². The minimum Gasteiger partial charge on any atom is -0.497 e. The standard InChI is InChI=1S/C27H32N4O3/c1-19-15-20(2)17-24(16-19)34-14-12-28-27(32)22-5-4-13-31(18-22)26-11-10-25(29-30-26)21-6-8-23(33-3)9-7-21/h6-11,15-17,22H,4-5,12-14,18H2,1-3H3,(H,28,32). The van der Waals surface area contributed by atoms with Crippen LogP contribution < -0.4 is 19.7 Å². The van der Waals surface area contributed by atoms with Crippen molar-refractivity contribution in [3.8, 4) is 22.8 Å². The van der Waals surface area contributed by atoms with E-state index in [0.717, 1.165) is 48.0 Å². The first-order valence-corrected chi connectivity index (χ1v) is 11.7. The van der Waals surface area contributed by atoms with E-state index in [-0.39, 0.29) is 11.8 Å². The van der Waals surface area contributed by atoms with Crippen LogP contribution in [0.15, 0.2) is 54.6 Å². The van der Waals surface area contributed by atoms with Gasteiger partial charge in [-0.3, -0.25) is 4.79 Å². The van der Waals surface area contributed by atoms with Crippen molar-refractivity contribution in [2.75, 3.05) is 38.3 Å². The van der Waals surface area contributed by atoms with Gasteiger partial charge in [0.15, 0.2) is 5.82 Å². The molecular formula is C27H32N4O3. The average Bonchev–Trinajstić information content (AvgIpc) is 2.86. The van der Waals surface area contributed by atoms with Gasteiger partial charge < -0.3 is 19.7 Å². The zero-order chi connectivity index (χ0) is 23.9. The minimum atomic E-state index is -0.0713. The van der Waals surface area contributed by atoms with Gasteiger partial charge in [0, 0.05) is 18.7 Å². The molecule has 7 nitrogen and oxygen atoms in total. The number of nitrogens with zero attached hydrogens (tertiary/aromatic N) is 3. The van der Waals surface area contributed by atoms with Gasteiger partial charge in [-0.25, -0.2) is 0 Å². The molecule has 1 amide bonds. The highest BCUT2D eigenvalue weighted by atomic mass is 16.5. The molecule has 34 heavy (non-hydrogen) atoms. The SMILES string of the molecule is COc1ccc(-c2ccc(N3CCCC(C(=O)NCCOc4cc(C)cc(C)c4)C3)nn2)cc1. The molecule has 2 aromatic carbocycles. The summed E-state index contributed by atoms with van der Waals surface area (Å²) in [5.74, 6) is 2.44. The molecule has 1 aliphatic rings. The summed E-state index contributed by atoms with van der Waals surface area (Å²) in [4.78, 5) is 14.9. The van der Waals surface area contributed by atoms with Crippen LogP contribution in [0.2, 0.25) is 0 Å². The largest absolute Gasteiger partial charge is 0.497 e. The molecule has 1 fully saturated rings. The predicted octanol–water partition coefficient (Wildman–Crippen LogP) is 4.18. The van der Waals surface area contributed by atoms with E-state index in [1.54, 1.807) is 7.11 Å². The van der Waals surface area contributed by atoms with Gasteiger partial charge in [0.1, 0.15) is 18.1 Å². The van der Waals surface area contributed by atoms with E-state index in [9.17, 15) is 4.79 Å². The Kier molecular flexibility index (Phi) is 7.62. The number of piperidine rings is 1. The van der Waals surface area contributed by atoms with Gasteiger partial charge in [-0.2, -0.15) is 0 Å². The van der Waals surface area contributed by atoms with Crippen LogP contribution in [-0.2, 0) is 4.79 Å². The first-order chi connectivity index (χ1) is 16.5. The quantitative estimate of drug-likeness (QED) is 0.508. The minimum absolute atomic E-state index is 0.0662. The van der Waals surface area contributed by atoms with E-state index in [4.69, 9.17) is 9.47 Å². The Morgan fingerprint density at radius 3 is 2.47 bits per heavy atom. The highest BCUT2D eigenvalue weighted by Gasteiger charge is 2.26. The van der Waals surface area contributed by atoms with Gasteiger partial charge >= 0.3 is 0 Å². The van der Waals surface area contributed by atoms with Crippen LogP contribution in [-0.4, -0.2) is 49.5 Å². The molecule has 3 aromatic rings. The summed E-state index contributed by atoms with van der Waals surface area (Å²) < 4.78 is 11.0. The van der Waals surface area contributed by atoms with Crippen molar-refractivity contribution < 1.29 is 14.3 Å². The molecule has 178 valence electrons. The van der Waals surface area contributed by atoms with Gasteiger partial charge in [0.25, 0.3) is 0 Å². The third-order valence-electron chi connectivity index (χ3n) is 6.02. The molecule has 1 saturated heterocycles. The molecule has 4 rings (SSSR count). The summed E-state index contributed by atoms with van der Waals surface area (Å²) in [6.45, 7) is 6.54. The van der Waals surface area contributed by atoms with Crippen molar-refractivity contribution in [3.05, 3.63) is 65.7 Å². The van der Waals surface area contributed by atoms with Crippen LogP contribution in [0.5, 0.6) is 11.5 Å². The van der Waals surface area contributed by atoms with Crippen molar-refractivity contribution in [3.63, 3.8) is 0 Å². The van der Waals surface area contributed by atoms with E-state index in [2.05, 4.69) is 26.5 Å². The molecule has 1 atom stereocenters. The molecule has 0 saturated carbocycles. The van der Waals surface area contributed by atoms with Gasteiger partial charge in [0.2, 0.25) is 5.91 Å². The highest BCUT2D eigenvalue weighted by Crippen LogP contribution is 2.24. The number of amides is 1. The maximum atomic E-state index is 12.7. The zero-order valence-corrected chi connectivity index (χ0v) is 20.1. The second kappa shape index (κ2) is 11.0. The fourth-order valence-electron chi connectivity index (χ4n) is 4.31. The number of hydrogen-bond donors (Lipinski definition) is 1. The smallest absolute Gasteiger partial charge is 0.225 e. The van der Waals surface area contributed by atoms with Crippen LogP contribution in [0.3, 0.4) is 0 Å². The second-order valence-corrected chi connectivity index (χ2v) is 8.75. The summed E-state index contributed by atoms with van der Waals surface area (Å²) >= 11 is 0. The maximum absolute atomic E-state index is 12.7. The summed E-state index contributed by atoms with van der Waals surface area (Å²) in [7, 11) is 1.65. The fraction of sp³-hybridized carbons (Fsp3) is 0.370. The molecule has 0 bridgehead atoms. The summed E-state index contributed by atoms with van der Waals surface area (Å²) in [6.07, 6.45) is 1.82. The van der Waals surface area contributed by atoms with E-state index >= 15 is 0 Å².